The molecule has 11 nitrogen and oxygen atoms in total. The van der Waals surface area contributed by atoms with E-state index in [0.717, 1.165) is 42.5 Å². The number of carbonyl (C=O) groups excluding carboxylic acids is 1. The van der Waals surface area contributed by atoms with Crippen LogP contribution in [0.25, 0.3) is 5.69 Å². The van der Waals surface area contributed by atoms with Crippen LogP contribution in [-0.4, -0.2) is 35.1 Å². The normalized spacial score (nSPS) is 12.1. The van der Waals surface area contributed by atoms with E-state index in [0.29, 0.717) is 6.42 Å². The van der Waals surface area contributed by atoms with Crippen LogP contribution in [-0.2, 0) is 10.0 Å². The Morgan fingerprint density at radius 3 is 2.27 bits per heavy atom. The van der Waals surface area contributed by atoms with Crippen molar-refractivity contribution in [3.8, 4) is 17.3 Å². The molecule has 0 fully saturated rings. The predicted molar refractivity (Wildman–Crippen MR) is 146 cm³/mol. The molecule has 1 aromatic heterocycles. The number of rotatable bonds is 10. The maximum Gasteiger partial charge on any atom is 0.276 e. The predicted octanol–water partition coefficient (Wildman–Crippen LogP) is 5.49. The van der Waals surface area contributed by atoms with Crippen molar-refractivity contribution in [3.05, 3.63) is 99.7 Å². The first-order valence-electron chi connectivity index (χ1n) is 12.3. The average molecular weight is 586 g/mol. The highest BCUT2D eigenvalue weighted by Crippen LogP contribution is 2.36. The van der Waals surface area contributed by atoms with Gasteiger partial charge in [0.25, 0.3) is 11.6 Å². The Labute approximate surface area is 234 Å². The number of anilines is 1. The van der Waals surface area contributed by atoms with E-state index in [-0.39, 0.29) is 34.3 Å². The van der Waals surface area contributed by atoms with Crippen LogP contribution in [0.3, 0.4) is 0 Å². The summed E-state index contributed by atoms with van der Waals surface area (Å²) in [7, 11) is -4.30. The second-order valence-electron chi connectivity index (χ2n) is 9.05. The van der Waals surface area contributed by atoms with Crippen molar-refractivity contribution in [2.75, 3.05) is 5.32 Å². The number of nitrogens with zero attached hydrogens (tertiary/aromatic N) is 3. The third-order valence-corrected chi connectivity index (χ3v) is 7.67. The summed E-state index contributed by atoms with van der Waals surface area (Å²) in [6.07, 6.45) is 0.452. The zero-order valence-electron chi connectivity index (χ0n) is 22.1. The topological polar surface area (TPSA) is 145 Å². The van der Waals surface area contributed by atoms with Gasteiger partial charge in [-0.3, -0.25) is 14.9 Å². The van der Waals surface area contributed by atoms with Crippen LogP contribution in [0.2, 0.25) is 0 Å². The number of carbonyl (C=O) groups is 1. The number of ether oxygens (including phenoxy) is 1. The molecule has 1 atom stereocenters. The third-order valence-electron chi connectivity index (χ3n) is 6.06. The number of nitrogens with one attached hydrogen (secondary N) is 2. The fraction of sp³-hybridized carbons (Fsp3) is 0.185. The molecule has 0 unspecified atom stereocenters. The van der Waals surface area contributed by atoms with E-state index in [9.17, 15) is 32.1 Å². The Morgan fingerprint density at radius 1 is 1.07 bits per heavy atom. The Bertz CT molecular complexity index is 1710. The van der Waals surface area contributed by atoms with Crippen molar-refractivity contribution in [2.45, 2.75) is 38.1 Å². The Balaban J connectivity index is 1.84. The van der Waals surface area contributed by atoms with E-state index < -0.39 is 49.1 Å². The van der Waals surface area contributed by atoms with Crippen molar-refractivity contribution < 1.29 is 31.7 Å². The molecule has 14 heteroatoms. The van der Waals surface area contributed by atoms with Gasteiger partial charge in [-0.1, -0.05) is 6.92 Å². The standard InChI is InChI=1S/C27H25F2N5O6S/c1-4-16(2)32-41(38,39)24-15-22(34(36)37)13-14-23(24)40-27-17(3)25(26(35)30-20-9-5-18(28)6-10-20)31-33(27)21-11-7-19(29)8-12-21/h5-16,32H,4H2,1-3H3,(H,30,35)/t16-/m0/s1. The minimum atomic E-state index is -4.30. The monoisotopic (exact) mass is 585 g/mol. The van der Waals surface area contributed by atoms with E-state index in [1.54, 1.807) is 13.8 Å². The molecule has 41 heavy (non-hydrogen) atoms. The van der Waals surface area contributed by atoms with Gasteiger partial charge in [0.15, 0.2) is 5.69 Å². The lowest BCUT2D eigenvalue weighted by molar-refractivity contribution is -0.385. The van der Waals surface area contributed by atoms with Crippen molar-refractivity contribution in [2.24, 2.45) is 0 Å². The zero-order chi connectivity index (χ0) is 29.9. The fourth-order valence-corrected chi connectivity index (χ4v) is 5.19. The first-order valence-corrected chi connectivity index (χ1v) is 13.8. The van der Waals surface area contributed by atoms with Crippen LogP contribution in [0.1, 0.15) is 36.3 Å². The molecule has 0 spiro atoms. The van der Waals surface area contributed by atoms with Gasteiger partial charge >= 0.3 is 0 Å². The van der Waals surface area contributed by atoms with Crippen LogP contribution < -0.4 is 14.8 Å². The Hall–Kier alpha value is -4.69. The van der Waals surface area contributed by atoms with Gasteiger partial charge < -0.3 is 10.1 Å². The molecular formula is C27H25F2N5O6S. The Kier molecular flexibility index (Phi) is 8.44. The van der Waals surface area contributed by atoms with Gasteiger partial charge in [0, 0.05) is 29.4 Å². The van der Waals surface area contributed by atoms with Gasteiger partial charge in [-0.05, 0) is 74.9 Å². The molecule has 1 heterocycles. The summed E-state index contributed by atoms with van der Waals surface area (Å²) < 4.78 is 63.1. The van der Waals surface area contributed by atoms with E-state index >= 15 is 0 Å². The smallest absolute Gasteiger partial charge is 0.276 e. The lowest BCUT2D eigenvalue weighted by Gasteiger charge is -2.16. The third kappa shape index (κ3) is 6.56. The summed E-state index contributed by atoms with van der Waals surface area (Å²) in [6, 6.07) is 12.7. The molecule has 0 aliphatic heterocycles. The molecule has 0 aliphatic rings. The molecule has 0 saturated heterocycles. The van der Waals surface area contributed by atoms with Gasteiger partial charge in [0.05, 0.1) is 10.6 Å². The molecule has 4 aromatic rings. The van der Waals surface area contributed by atoms with Crippen LogP contribution in [0.15, 0.2) is 71.6 Å². The number of sulfonamides is 1. The number of nitro groups is 1. The number of benzene rings is 3. The van der Waals surface area contributed by atoms with Crippen LogP contribution in [0.5, 0.6) is 11.6 Å². The molecule has 0 aliphatic carbocycles. The number of non-ortho nitro benzene ring substituents is 1. The largest absolute Gasteiger partial charge is 0.437 e. The zero-order valence-corrected chi connectivity index (χ0v) is 22.9. The molecule has 0 radical (unpaired) electrons. The Morgan fingerprint density at radius 2 is 1.68 bits per heavy atom. The fourth-order valence-electron chi connectivity index (χ4n) is 3.72. The number of hydrogen-bond donors (Lipinski definition) is 2. The van der Waals surface area contributed by atoms with Crippen molar-refractivity contribution >= 4 is 27.3 Å². The minimum absolute atomic E-state index is 0.102. The number of amides is 1. The molecule has 1 amide bonds. The molecule has 214 valence electrons. The lowest BCUT2D eigenvalue weighted by Crippen LogP contribution is -2.32. The highest BCUT2D eigenvalue weighted by molar-refractivity contribution is 7.89. The summed E-state index contributed by atoms with van der Waals surface area (Å²) in [5.74, 6) is -2.09. The second-order valence-corrected chi connectivity index (χ2v) is 10.7. The SMILES string of the molecule is CC[C@H](C)NS(=O)(=O)c1cc([N+](=O)[O-])ccc1Oc1c(C)c(C(=O)Nc2ccc(F)cc2)nn1-c1ccc(F)cc1. The lowest BCUT2D eigenvalue weighted by atomic mass is 10.2. The summed E-state index contributed by atoms with van der Waals surface area (Å²) >= 11 is 0. The second kappa shape index (κ2) is 11.8. The van der Waals surface area contributed by atoms with Crippen molar-refractivity contribution in [1.29, 1.82) is 0 Å². The molecule has 0 bridgehead atoms. The van der Waals surface area contributed by atoms with Crippen LogP contribution in [0.4, 0.5) is 20.2 Å². The molecule has 0 saturated carbocycles. The summed E-state index contributed by atoms with van der Waals surface area (Å²) in [5.41, 5.74) is 0.122. The quantitative estimate of drug-likeness (QED) is 0.185. The van der Waals surface area contributed by atoms with Crippen molar-refractivity contribution in [1.82, 2.24) is 14.5 Å². The number of aromatic nitrogens is 2. The van der Waals surface area contributed by atoms with E-state index in [2.05, 4.69) is 15.1 Å². The van der Waals surface area contributed by atoms with Crippen LogP contribution in [0, 0.1) is 28.7 Å². The van der Waals surface area contributed by atoms with E-state index in [4.69, 9.17) is 4.74 Å². The minimum Gasteiger partial charge on any atom is -0.437 e. The van der Waals surface area contributed by atoms with E-state index in [1.165, 1.54) is 35.9 Å². The van der Waals surface area contributed by atoms with Gasteiger partial charge in [0.1, 0.15) is 22.3 Å². The summed E-state index contributed by atoms with van der Waals surface area (Å²) in [5, 5.41) is 18.4. The van der Waals surface area contributed by atoms with Gasteiger partial charge in [-0.2, -0.15) is 9.78 Å². The highest BCUT2D eigenvalue weighted by Gasteiger charge is 2.28. The first-order chi connectivity index (χ1) is 19.4. The summed E-state index contributed by atoms with van der Waals surface area (Å²) in [6.45, 7) is 4.90. The maximum absolute atomic E-state index is 13.7. The first kappa shape index (κ1) is 29.3. The van der Waals surface area contributed by atoms with Gasteiger partial charge in [-0.25, -0.2) is 21.9 Å². The molecule has 3 aromatic carbocycles. The van der Waals surface area contributed by atoms with Gasteiger partial charge in [-0.15, -0.1) is 0 Å². The number of hydrogen-bond acceptors (Lipinski definition) is 7. The maximum atomic E-state index is 13.7. The highest BCUT2D eigenvalue weighted by atomic mass is 32.2. The molecule has 4 rings (SSSR count). The number of nitro benzene ring substituents is 1. The molecular weight excluding hydrogens is 560 g/mol. The molecule has 2 N–H and O–H groups in total. The van der Waals surface area contributed by atoms with Gasteiger partial charge in [0.2, 0.25) is 15.9 Å². The average Bonchev–Trinajstić information content (AvgIpc) is 3.25. The van der Waals surface area contributed by atoms with Crippen molar-refractivity contribution in [3.63, 3.8) is 0 Å². The van der Waals surface area contributed by atoms with Crippen LogP contribution >= 0.6 is 0 Å². The van der Waals surface area contributed by atoms with E-state index in [1.807, 2.05) is 0 Å². The number of halogens is 2. The summed E-state index contributed by atoms with van der Waals surface area (Å²) in [4.78, 5) is 23.3.